The number of amides is 1. The number of rotatable bonds is 5. The predicted octanol–water partition coefficient (Wildman–Crippen LogP) is 5.61. The van der Waals surface area contributed by atoms with E-state index in [2.05, 4.69) is 36.6 Å². The van der Waals surface area contributed by atoms with Gasteiger partial charge < -0.3 is 5.32 Å². The van der Waals surface area contributed by atoms with E-state index in [4.69, 9.17) is 0 Å². The molecule has 2 aromatic rings. The molecular weight excluding hydrogens is 386 g/mol. The van der Waals surface area contributed by atoms with Gasteiger partial charge in [0.1, 0.15) is 11.1 Å². The quantitative estimate of drug-likeness (QED) is 0.490. The minimum Gasteiger partial charge on any atom is -0.325 e. The summed E-state index contributed by atoms with van der Waals surface area (Å²) in [6.45, 7) is 10.4. The van der Waals surface area contributed by atoms with E-state index in [-0.39, 0.29) is 11.7 Å². The molecule has 5 nitrogen and oxygen atoms in total. The van der Waals surface area contributed by atoms with Crippen LogP contribution in [0, 0.1) is 16.2 Å². The van der Waals surface area contributed by atoms with E-state index >= 15 is 0 Å². The van der Waals surface area contributed by atoms with Gasteiger partial charge in [-0.3, -0.25) is 15.0 Å². The van der Waals surface area contributed by atoms with Gasteiger partial charge in [-0.15, -0.1) is 0 Å². The maximum absolute atomic E-state index is 13.7. The van der Waals surface area contributed by atoms with Gasteiger partial charge in [0, 0.05) is 11.1 Å². The molecule has 31 heavy (non-hydrogen) atoms. The molecule has 2 aliphatic rings. The lowest BCUT2D eigenvalue weighted by Gasteiger charge is -2.37. The molecule has 2 bridgehead atoms. The first-order valence-electron chi connectivity index (χ1n) is 11.0. The zero-order valence-electron chi connectivity index (χ0n) is 19.0. The average molecular weight is 418 g/mol. The summed E-state index contributed by atoms with van der Waals surface area (Å²) >= 11 is 0. The molecule has 4 rings (SSSR count). The molecule has 2 aromatic carbocycles. The van der Waals surface area contributed by atoms with Crippen LogP contribution in [0.2, 0.25) is 0 Å². The number of ketones is 1. The van der Waals surface area contributed by atoms with Crippen LogP contribution < -0.4 is 10.7 Å². The smallest absolute Gasteiger partial charge is 0.239 e. The lowest BCUT2D eigenvalue weighted by atomic mass is 9.64. The number of hydrogen-bond acceptors (Lipinski definition) is 4. The van der Waals surface area contributed by atoms with Crippen LogP contribution in [0.1, 0.15) is 58.9 Å². The van der Waals surface area contributed by atoms with Gasteiger partial charge in [-0.2, -0.15) is 5.10 Å². The Balaban J connectivity index is 1.65. The van der Waals surface area contributed by atoms with Crippen molar-refractivity contribution in [3.63, 3.8) is 0 Å². The number of carbonyl (C=O) groups is 2. The number of hydrogen-bond donors (Lipinski definition) is 2. The van der Waals surface area contributed by atoms with Crippen molar-refractivity contribution in [2.24, 2.45) is 21.3 Å². The molecule has 0 radical (unpaired) electrons. The number of benzene rings is 2. The summed E-state index contributed by atoms with van der Waals surface area (Å²) in [4.78, 5) is 27.3. The highest BCUT2D eigenvalue weighted by molar-refractivity contribution is 6.51. The van der Waals surface area contributed by atoms with Crippen molar-refractivity contribution < 1.29 is 9.59 Å². The van der Waals surface area contributed by atoms with Crippen LogP contribution in [0.4, 0.5) is 11.4 Å². The van der Waals surface area contributed by atoms with E-state index < -0.39 is 16.2 Å². The molecule has 0 saturated heterocycles. The van der Waals surface area contributed by atoms with Crippen molar-refractivity contribution in [3.05, 3.63) is 60.2 Å². The van der Waals surface area contributed by atoms with Crippen LogP contribution in [0.3, 0.4) is 0 Å². The molecule has 2 aliphatic carbocycles. The highest BCUT2D eigenvalue weighted by atomic mass is 16.2. The SMILES string of the molecule is CC(C)c1ccc(NC(=O)C23CCC(C)(C(=NNc4ccccc4)C2=O)C3(C)C)cc1. The molecule has 2 unspecified atom stereocenters. The number of nitrogens with zero attached hydrogens (tertiary/aromatic N) is 1. The van der Waals surface area contributed by atoms with Crippen LogP contribution in [-0.2, 0) is 9.59 Å². The monoisotopic (exact) mass is 417 g/mol. The van der Waals surface area contributed by atoms with Crippen LogP contribution in [0.25, 0.3) is 0 Å². The lowest BCUT2D eigenvalue weighted by molar-refractivity contribution is -0.139. The van der Waals surface area contributed by atoms with Crippen molar-refractivity contribution >= 4 is 28.8 Å². The van der Waals surface area contributed by atoms with Crippen molar-refractivity contribution in [2.45, 2.75) is 53.4 Å². The van der Waals surface area contributed by atoms with E-state index in [1.54, 1.807) is 0 Å². The number of carbonyl (C=O) groups excluding carboxylic acids is 2. The summed E-state index contributed by atoms with van der Waals surface area (Å²) in [7, 11) is 0. The van der Waals surface area contributed by atoms with Gasteiger partial charge in [-0.05, 0) is 54.0 Å². The van der Waals surface area contributed by atoms with Crippen molar-refractivity contribution in [1.29, 1.82) is 0 Å². The summed E-state index contributed by atoms with van der Waals surface area (Å²) in [6, 6.07) is 17.4. The summed E-state index contributed by atoms with van der Waals surface area (Å²) in [5.74, 6) is 0.0320. The Morgan fingerprint density at radius 2 is 1.58 bits per heavy atom. The molecule has 5 heteroatoms. The third-order valence-corrected chi connectivity index (χ3v) is 7.87. The van der Waals surface area contributed by atoms with E-state index in [0.29, 0.717) is 23.7 Å². The molecule has 0 heterocycles. The minimum atomic E-state index is -1.12. The maximum atomic E-state index is 13.7. The second-order valence-electron chi connectivity index (χ2n) is 9.86. The topological polar surface area (TPSA) is 70.6 Å². The number of anilines is 2. The van der Waals surface area contributed by atoms with Crippen molar-refractivity contribution in [3.8, 4) is 0 Å². The Morgan fingerprint density at radius 1 is 0.935 bits per heavy atom. The van der Waals surface area contributed by atoms with Gasteiger partial charge in [0.25, 0.3) is 0 Å². The minimum absolute atomic E-state index is 0.161. The van der Waals surface area contributed by atoms with Gasteiger partial charge in [0.2, 0.25) is 5.91 Å². The lowest BCUT2D eigenvalue weighted by Crippen LogP contribution is -2.47. The molecule has 2 saturated carbocycles. The molecule has 2 N–H and O–H groups in total. The number of Topliss-reactive ketones (excluding diaryl/α,β-unsaturated/α-hetero) is 1. The van der Waals surface area contributed by atoms with E-state index in [9.17, 15) is 9.59 Å². The number of para-hydroxylation sites is 1. The van der Waals surface area contributed by atoms with E-state index in [1.165, 1.54) is 5.56 Å². The third-order valence-electron chi connectivity index (χ3n) is 7.87. The summed E-state index contributed by atoms with van der Waals surface area (Å²) < 4.78 is 0. The molecule has 0 aliphatic heterocycles. The summed E-state index contributed by atoms with van der Waals surface area (Å²) in [5.41, 5.74) is 4.11. The zero-order valence-corrected chi connectivity index (χ0v) is 19.0. The van der Waals surface area contributed by atoms with Crippen LogP contribution in [0.5, 0.6) is 0 Å². The first kappa shape index (κ1) is 21.3. The molecule has 2 atom stereocenters. The second kappa shape index (κ2) is 7.33. The predicted molar refractivity (Wildman–Crippen MR) is 125 cm³/mol. The molecule has 162 valence electrons. The van der Waals surface area contributed by atoms with Gasteiger partial charge in [-0.1, -0.05) is 65.0 Å². The standard InChI is InChI=1S/C26H31N3O2/c1-17(2)18-11-13-19(14-12-18)27-23(31)26-16-15-25(5,24(26,3)4)21(22(26)30)29-28-20-9-7-6-8-10-20/h6-14,17,28H,15-16H2,1-5H3,(H,27,31). The fourth-order valence-corrected chi connectivity index (χ4v) is 5.29. The van der Waals surface area contributed by atoms with Crippen LogP contribution >= 0.6 is 0 Å². The first-order valence-corrected chi connectivity index (χ1v) is 11.0. The Hall–Kier alpha value is -2.95. The average Bonchev–Trinajstić information content (AvgIpc) is 3.02. The van der Waals surface area contributed by atoms with Gasteiger partial charge in [0.05, 0.1) is 5.69 Å². The second-order valence-corrected chi connectivity index (χ2v) is 9.86. The highest BCUT2D eigenvalue weighted by Gasteiger charge is 2.76. The molecule has 1 amide bonds. The normalized spacial score (nSPS) is 27.7. The van der Waals surface area contributed by atoms with Crippen LogP contribution in [-0.4, -0.2) is 17.4 Å². The Kier molecular flexibility index (Phi) is 5.03. The van der Waals surface area contributed by atoms with E-state index in [0.717, 1.165) is 12.1 Å². The third kappa shape index (κ3) is 3.01. The van der Waals surface area contributed by atoms with Crippen molar-refractivity contribution in [1.82, 2.24) is 0 Å². The fourth-order valence-electron chi connectivity index (χ4n) is 5.29. The van der Waals surface area contributed by atoms with Gasteiger partial charge in [-0.25, -0.2) is 0 Å². The number of nitrogens with one attached hydrogen (secondary N) is 2. The molecule has 0 aromatic heterocycles. The summed E-state index contributed by atoms with van der Waals surface area (Å²) in [5, 5.41) is 7.56. The highest BCUT2D eigenvalue weighted by Crippen LogP contribution is 2.69. The Labute approximate surface area is 184 Å². The fraction of sp³-hybridized carbons (Fsp3) is 0.423. The molecular formula is C26H31N3O2. The number of fused-ring (bicyclic) bond motifs is 2. The van der Waals surface area contributed by atoms with Gasteiger partial charge in [0.15, 0.2) is 5.78 Å². The van der Waals surface area contributed by atoms with Crippen LogP contribution in [0.15, 0.2) is 59.7 Å². The van der Waals surface area contributed by atoms with Gasteiger partial charge >= 0.3 is 0 Å². The maximum Gasteiger partial charge on any atom is 0.239 e. The molecule has 2 fully saturated rings. The van der Waals surface area contributed by atoms with Crippen molar-refractivity contribution in [2.75, 3.05) is 10.7 Å². The zero-order chi connectivity index (χ0) is 22.4. The summed E-state index contributed by atoms with van der Waals surface area (Å²) in [6.07, 6.45) is 1.29. The Morgan fingerprint density at radius 3 is 2.19 bits per heavy atom. The first-order chi connectivity index (χ1) is 14.6. The largest absolute Gasteiger partial charge is 0.325 e. The molecule has 0 spiro atoms. The van der Waals surface area contributed by atoms with E-state index in [1.807, 2.05) is 68.4 Å². The number of hydrazone groups is 1. The Bertz CT molecular complexity index is 1040.